The molecule has 1 saturated carbocycles. The number of anilines is 2. The van der Waals surface area contributed by atoms with E-state index < -0.39 is 32.4 Å². The maximum atomic E-state index is 14.5. The minimum Gasteiger partial charge on any atom is -0.443 e. The van der Waals surface area contributed by atoms with Crippen LogP contribution in [0.3, 0.4) is 0 Å². The Balaban J connectivity index is 1.67. The van der Waals surface area contributed by atoms with Gasteiger partial charge in [-0.25, -0.2) is 32.3 Å². The summed E-state index contributed by atoms with van der Waals surface area (Å²) in [7, 11) is -4.31. The minimum atomic E-state index is -4.31. The van der Waals surface area contributed by atoms with Crippen LogP contribution in [-0.2, 0) is 14.8 Å². The smallest absolute Gasteiger partial charge is 0.421 e. The molecular formula is C21H27FN4O5S. The Bertz CT molecular complexity index is 1060. The second kappa shape index (κ2) is 9.37. The van der Waals surface area contributed by atoms with Crippen molar-refractivity contribution in [2.75, 3.05) is 5.32 Å². The first-order valence-corrected chi connectivity index (χ1v) is 11.7. The van der Waals surface area contributed by atoms with Crippen LogP contribution in [0.1, 0.15) is 57.9 Å². The molecule has 3 N–H and O–H groups in total. The fourth-order valence-electron chi connectivity index (χ4n) is 3.37. The number of aliphatic hydroxyl groups excluding tert-OH is 1. The van der Waals surface area contributed by atoms with Crippen LogP contribution in [0.5, 0.6) is 0 Å². The molecule has 1 heterocycles. The summed E-state index contributed by atoms with van der Waals surface area (Å²) in [5, 5.41) is 12.3. The van der Waals surface area contributed by atoms with E-state index in [4.69, 9.17) is 4.74 Å². The van der Waals surface area contributed by atoms with E-state index in [1.165, 1.54) is 6.07 Å². The maximum Gasteiger partial charge on any atom is 0.421 e. The van der Waals surface area contributed by atoms with Gasteiger partial charge in [0.25, 0.3) is 10.0 Å². The lowest BCUT2D eigenvalue weighted by Crippen LogP contribution is -2.36. The van der Waals surface area contributed by atoms with Crippen LogP contribution in [0.2, 0.25) is 0 Å². The lowest BCUT2D eigenvalue weighted by Gasteiger charge is -2.25. The van der Waals surface area contributed by atoms with Crippen molar-refractivity contribution in [1.29, 1.82) is 0 Å². The van der Waals surface area contributed by atoms with E-state index in [9.17, 15) is 22.7 Å². The monoisotopic (exact) mass is 466 g/mol. The topological polar surface area (TPSA) is 131 Å². The van der Waals surface area contributed by atoms with Gasteiger partial charge in [-0.05, 0) is 76.1 Å². The number of halogens is 1. The molecule has 174 valence electrons. The number of aliphatic hydroxyl groups is 1. The molecule has 0 aliphatic heterocycles. The normalized spacial score (nSPS) is 19.3. The van der Waals surface area contributed by atoms with E-state index in [0.717, 1.165) is 43.4 Å². The van der Waals surface area contributed by atoms with Crippen molar-refractivity contribution in [1.82, 2.24) is 14.7 Å². The Morgan fingerprint density at radius 2 is 1.78 bits per heavy atom. The molecule has 11 heteroatoms. The molecule has 3 rings (SSSR count). The second-order valence-corrected chi connectivity index (χ2v) is 10.4. The highest BCUT2D eigenvalue weighted by Crippen LogP contribution is 2.32. The zero-order chi connectivity index (χ0) is 23.5. The second-order valence-electron chi connectivity index (χ2n) is 8.72. The van der Waals surface area contributed by atoms with Crippen LogP contribution in [0.15, 0.2) is 35.5 Å². The first-order valence-electron chi connectivity index (χ1n) is 10.3. The maximum absolute atomic E-state index is 14.5. The van der Waals surface area contributed by atoms with Crippen LogP contribution < -0.4 is 10.0 Å². The van der Waals surface area contributed by atoms with Gasteiger partial charge in [0.15, 0.2) is 0 Å². The SMILES string of the molecule is CC(C)(C)OC(=O)NS(=O)(=O)c1ccc(Nc2ncc(C3CCC(O)CC3)cn2)c(F)c1. The summed E-state index contributed by atoms with van der Waals surface area (Å²) in [6.07, 6.45) is 5.14. The van der Waals surface area contributed by atoms with Gasteiger partial charge in [0.2, 0.25) is 5.95 Å². The van der Waals surface area contributed by atoms with Crippen LogP contribution in [0.4, 0.5) is 20.8 Å². The van der Waals surface area contributed by atoms with Crippen LogP contribution in [-0.4, -0.2) is 41.3 Å². The Morgan fingerprint density at radius 3 is 2.34 bits per heavy atom. The van der Waals surface area contributed by atoms with Gasteiger partial charge in [-0.3, -0.25) is 0 Å². The van der Waals surface area contributed by atoms with E-state index in [2.05, 4.69) is 15.3 Å². The number of aromatic nitrogens is 2. The van der Waals surface area contributed by atoms with Gasteiger partial charge in [-0.1, -0.05) is 0 Å². The van der Waals surface area contributed by atoms with Crippen LogP contribution in [0, 0.1) is 5.82 Å². The molecule has 1 amide bonds. The zero-order valence-corrected chi connectivity index (χ0v) is 18.9. The summed E-state index contributed by atoms with van der Waals surface area (Å²) in [6, 6.07) is 3.16. The van der Waals surface area contributed by atoms with E-state index in [0.29, 0.717) is 0 Å². The molecule has 1 aliphatic carbocycles. The number of hydrogen-bond donors (Lipinski definition) is 3. The third kappa shape index (κ3) is 6.36. The Kier molecular flexibility index (Phi) is 6.99. The van der Waals surface area contributed by atoms with Gasteiger partial charge >= 0.3 is 6.09 Å². The molecule has 0 atom stereocenters. The molecule has 2 aromatic rings. The van der Waals surface area contributed by atoms with Gasteiger partial charge in [0.1, 0.15) is 11.4 Å². The number of benzene rings is 1. The standard InChI is InChI=1S/C21H27FN4O5S/c1-21(2,3)31-20(28)26-32(29,30)16-8-9-18(17(22)10-16)25-19-23-11-14(12-24-19)13-4-6-15(27)7-5-13/h8-13,15,27H,4-7H2,1-3H3,(H,26,28)(H,23,24,25). The highest BCUT2D eigenvalue weighted by Gasteiger charge is 2.24. The zero-order valence-electron chi connectivity index (χ0n) is 18.1. The van der Waals surface area contributed by atoms with Gasteiger partial charge in [0, 0.05) is 12.4 Å². The van der Waals surface area contributed by atoms with Gasteiger partial charge in [-0.15, -0.1) is 0 Å². The Morgan fingerprint density at radius 1 is 1.16 bits per heavy atom. The number of nitrogens with one attached hydrogen (secondary N) is 2. The van der Waals surface area contributed by atoms with E-state index in [1.54, 1.807) is 37.9 Å². The molecule has 0 unspecified atom stereocenters. The number of amides is 1. The summed E-state index contributed by atoms with van der Waals surface area (Å²) in [5.74, 6) is -0.414. The lowest BCUT2D eigenvalue weighted by atomic mass is 9.84. The van der Waals surface area contributed by atoms with Crippen molar-refractivity contribution >= 4 is 27.8 Å². The minimum absolute atomic E-state index is 0.0187. The molecule has 1 aromatic carbocycles. The summed E-state index contributed by atoms with van der Waals surface area (Å²) in [4.78, 5) is 19.7. The first kappa shape index (κ1) is 23.9. The number of carbonyl (C=O) groups is 1. The van der Waals surface area contributed by atoms with Crippen molar-refractivity contribution in [2.24, 2.45) is 0 Å². The predicted octanol–water partition coefficient (Wildman–Crippen LogP) is 3.59. The number of ether oxygens (including phenoxy) is 1. The van der Waals surface area contributed by atoms with Crippen molar-refractivity contribution < 1.29 is 27.4 Å². The molecule has 0 bridgehead atoms. The van der Waals surface area contributed by atoms with E-state index in [-0.39, 0.29) is 23.7 Å². The van der Waals surface area contributed by atoms with Crippen molar-refractivity contribution in [3.8, 4) is 0 Å². The number of sulfonamides is 1. The van der Waals surface area contributed by atoms with Crippen molar-refractivity contribution in [3.05, 3.63) is 42.0 Å². The molecule has 0 saturated heterocycles. The van der Waals surface area contributed by atoms with Crippen LogP contribution in [0.25, 0.3) is 0 Å². The van der Waals surface area contributed by atoms with E-state index in [1.807, 2.05) is 0 Å². The molecule has 32 heavy (non-hydrogen) atoms. The van der Waals surface area contributed by atoms with Crippen molar-refractivity contribution in [3.63, 3.8) is 0 Å². The van der Waals surface area contributed by atoms with Gasteiger partial charge in [-0.2, -0.15) is 0 Å². The number of carbonyl (C=O) groups excluding carboxylic acids is 1. The third-order valence-corrected chi connectivity index (χ3v) is 6.26. The molecular weight excluding hydrogens is 439 g/mol. The average Bonchev–Trinajstić information content (AvgIpc) is 2.69. The fraction of sp³-hybridized carbons (Fsp3) is 0.476. The number of rotatable bonds is 5. The highest BCUT2D eigenvalue weighted by molar-refractivity contribution is 7.90. The third-order valence-electron chi connectivity index (χ3n) is 4.95. The van der Waals surface area contributed by atoms with Crippen molar-refractivity contribution in [2.45, 2.75) is 69.0 Å². The summed E-state index contributed by atoms with van der Waals surface area (Å²) < 4.78 is 45.8. The molecule has 9 nitrogen and oxygen atoms in total. The summed E-state index contributed by atoms with van der Waals surface area (Å²) >= 11 is 0. The predicted molar refractivity (Wildman–Crippen MR) is 115 cm³/mol. The molecule has 1 aliphatic rings. The summed E-state index contributed by atoms with van der Waals surface area (Å²) in [6.45, 7) is 4.77. The quantitative estimate of drug-likeness (QED) is 0.609. The largest absolute Gasteiger partial charge is 0.443 e. The van der Waals surface area contributed by atoms with Crippen LogP contribution >= 0.6 is 0 Å². The Hall–Kier alpha value is -2.79. The molecule has 0 spiro atoms. The first-order chi connectivity index (χ1) is 14.9. The average molecular weight is 467 g/mol. The molecule has 1 aromatic heterocycles. The fourth-order valence-corrected chi connectivity index (χ4v) is 4.26. The Labute approximate surface area is 186 Å². The summed E-state index contributed by atoms with van der Waals surface area (Å²) in [5.41, 5.74) is 0.0548. The molecule has 0 radical (unpaired) electrons. The number of nitrogens with zero attached hydrogens (tertiary/aromatic N) is 2. The van der Waals surface area contributed by atoms with E-state index >= 15 is 0 Å². The van der Waals surface area contributed by atoms with Gasteiger partial charge < -0.3 is 15.2 Å². The highest BCUT2D eigenvalue weighted by atomic mass is 32.2. The molecule has 1 fully saturated rings. The van der Waals surface area contributed by atoms with Gasteiger partial charge in [0.05, 0.1) is 16.7 Å². The lowest BCUT2D eigenvalue weighted by molar-refractivity contribution is 0.0570. The number of hydrogen-bond acceptors (Lipinski definition) is 8.